The van der Waals surface area contributed by atoms with E-state index in [1.54, 1.807) is 36.2 Å². The summed E-state index contributed by atoms with van der Waals surface area (Å²) < 4.78 is 11.3. The van der Waals surface area contributed by atoms with E-state index in [-0.39, 0.29) is 18.4 Å². The van der Waals surface area contributed by atoms with Gasteiger partial charge < -0.3 is 19.1 Å². The van der Waals surface area contributed by atoms with Gasteiger partial charge in [0.1, 0.15) is 30.0 Å². The molecule has 0 unspecified atom stereocenters. The van der Waals surface area contributed by atoms with Crippen molar-refractivity contribution < 1.29 is 18.8 Å². The molecule has 5 rings (SSSR count). The van der Waals surface area contributed by atoms with Crippen molar-refractivity contribution in [2.24, 2.45) is 0 Å². The lowest BCUT2D eigenvalue weighted by molar-refractivity contribution is 0.0667. The zero-order valence-corrected chi connectivity index (χ0v) is 20.8. The van der Waals surface area contributed by atoms with Crippen molar-refractivity contribution >= 4 is 11.8 Å². The average Bonchev–Trinajstić information content (AvgIpc) is 3.36. The predicted octanol–water partition coefficient (Wildman–Crippen LogP) is 3.64. The van der Waals surface area contributed by atoms with Crippen LogP contribution in [0, 0.1) is 6.92 Å². The summed E-state index contributed by atoms with van der Waals surface area (Å²) in [6, 6.07) is 13.6. The van der Waals surface area contributed by atoms with Crippen molar-refractivity contribution in [3.63, 3.8) is 0 Å². The van der Waals surface area contributed by atoms with Crippen LogP contribution in [0.3, 0.4) is 0 Å². The van der Waals surface area contributed by atoms with Crippen LogP contribution in [0.5, 0.6) is 5.75 Å². The summed E-state index contributed by atoms with van der Waals surface area (Å²) in [5.74, 6) is 0.866. The maximum Gasteiger partial charge on any atom is 0.259 e. The van der Waals surface area contributed by atoms with Crippen molar-refractivity contribution in [2.75, 3.05) is 33.3 Å². The molecule has 0 aliphatic carbocycles. The molecule has 0 saturated heterocycles. The van der Waals surface area contributed by atoms with E-state index in [2.05, 4.69) is 21.2 Å². The molecule has 2 bridgehead atoms. The first-order chi connectivity index (χ1) is 18.0. The van der Waals surface area contributed by atoms with Crippen LogP contribution >= 0.6 is 0 Å². The van der Waals surface area contributed by atoms with E-state index in [0.29, 0.717) is 42.9 Å². The summed E-state index contributed by atoms with van der Waals surface area (Å²) in [4.78, 5) is 38.0. The standard InChI is InChI=1S/C28H27N5O4/c1-19-25(17-31-37-19)28(35)33-9-8-32(2)27(34)22-5-3-4-20(12-22)13-23-14-21(24-15-29-18-30-16-24)6-7-26(23)36-11-10-33/h3-7,12,14-18H,8-11,13H2,1-2H3. The molecule has 4 aromatic rings. The molecule has 0 N–H and O–H groups in total. The molecule has 0 spiro atoms. The Morgan fingerprint density at radius 1 is 0.946 bits per heavy atom. The molecule has 0 fully saturated rings. The molecule has 9 heteroatoms. The van der Waals surface area contributed by atoms with Gasteiger partial charge in [0.2, 0.25) is 0 Å². The highest BCUT2D eigenvalue weighted by Gasteiger charge is 2.23. The van der Waals surface area contributed by atoms with Gasteiger partial charge in [0.15, 0.2) is 0 Å². The molecule has 3 heterocycles. The minimum Gasteiger partial charge on any atom is -0.491 e. The van der Waals surface area contributed by atoms with Crippen molar-refractivity contribution in [3.05, 3.63) is 95.4 Å². The van der Waals surface area contributed by atoms with Crippen molar-refractivity contribution in [1.29, 1.82) is 0 Å². The summed E-state index contributed by atoms with van der Waals surface area (Å²) in [6.07, 6.45) is 7.03. The first kappa shape index (κ1) is 24.2. The number of ether oxygens (including phenoxy) is 1. The molecule has 1 aliphatic rings. The van der Waals surface area contributed by atoms with Crippen molar-refractivity contribution in [3.8, 4) is 16.9 Å². The van der Waals surface area contributed by atoms with Crippen LogP contribution in [0.4, 0.5) is 0 Å². The van der Waals surface area contributed by atoms with Crippen LogP contribution in [0.15, 0.2) is 71.9 Å². The Morgan fingerprint density at radius 2 is 1.78 bits per heavy atom. The number of fused-ring (bicyclic) bond motifs is 3. The molecular formula is C28H27N5O4. The number of carbonyl (C=O) groups is 2. The summed E-state index contributed by atoms with van der Waals surface area (Å²) in [6.45, 7) is 3.04. The Hall–Kier alpha value is -4.53. The van der Waals surface area contributed by atoms with Gasteiger partial charge in [-0.1, -0.05) is 23.4 Å². The van der Waals surface area contributed by atoms with E-state index in [9.17, 15) is 9.59 Å². The van der Waals surface area contributed by atoms with Gasteiger partial charge in [-0.15, -0.1) is 0 Å². The normalized spacial score (nSPS) is 14.5. The highest BCUT2D eigenvalue weighted by atomic mass is 16.5. The second-order valence-corrected chi connectivity index (χ2v) is 8.99. The van der Waals surface area contributed by atoms with Gasteiger partial charge in [-0.2, -0.15) is 0 Å². The molecule has 2 amide bonds. The lowest BCUT2D eigenvalue weighted by Gasteiger charge is -2.26. The largest absolute Gasteiger partial charge is 0.491 e. The van der Waals surface area contributed by atoms with Gasteiger partial charge >= 0.3 is 0 Å². The molecular weight excluding hydrogens is 470 g/mol. The van der Waals surface area contributed by atoms with Gasteiger partial charge in [0.05, 0.1) is 12.7 Å². The molecule has 0 radical (unpaired) electrons. The highest BCUT2D eigenvalue weighted by Crippen LogP contribution is 2.29. The van der Waals surface area contributed by atoms with Crippen LogP contribution in [0.2, 0.25) is 0 Å². The first-order valence-corrected chi connectivity index (χ1v) is 12.1. The number of rotatable bonds is 2. The van der Waals surface area contributed by atoms with E-state index < -0.39 is 0 Å². The number of hydrogen-bond donors (Lipinski definition) is 0. The third-order valence-corrected chi connectivity index (χ3v) is 6.46. The van der Waals surface area contributed by atoms with Crippen LogP contribution in [-0.2, 0) is 6.42 Å². The van der Waals surface area contributed by atoms with Gasteiger partial charge in [0.25, 0.3) is 11.8 Å². The average molecular weight is 498 g/mol. The Morgan fingerprint density at radius 3 is 2.57 bits per heavy atom. The summed E-state index contributed by atoms with van der Waals surface area (Å²) in [5.41, 5.74) is 4.83. The summed E-state index contributed by atoms with van der Waals surface area (Å²) in [7, 11) is 1.74. The topological polar surface area (TPSA) is 102 Å². The Kier molecular flexibility index (Phi) is 6.93. The second-order valence-electron chi connectivity index (χ2n) is 8.99. The third-order valence-electron chi connectivity index (χ3n) is 6.46. The maximum atomic E-state index is 13.3. The number of aryl methyl sites for hydroxylation is 1. The molecule has 37 heavy (non-hydrogen) atoms. The van der Waals surface area contributed by atoms with Crippen LogP contribution < -0.4 is 4.74 Å². The number of carbonyl (C=O) groups excluding carboxylic acids is 2. The van der Waals surface area contributed by atoms with Gasteiger partial charge in [-0.3, -0.25) is 9.59 Å². The van der Waals surface area contributed by atoms with E-state index in [1.807, 2.05) is 36.4 Å². The maximum absolute atomic E-state index is 13.3. The number of amides is 2. The zero-order valence-electron chi connectivity index (χ0n) is 20.8. The monoisotopic (exact) mass is 497 g/mol. The minimum absolute atomic E-state index is 0.0980. The number of likely N-dealkylation sites (N-methyl/N-ethyl adjacent to an activating group) is 1. The molecule has 1 aliphatic heterocycles. The predicted molar refractivity (Wildman–Crippen MR) is 136 cm³/mol. The molecule has 9 nitrogen and oxygen atoms in total. The zero-order chi connectivity index (χ0) is 25.8. The van der Waals surface area contributed by atoms with E-state index in [4.69, 9.17) is 9.26 Å². The lowest BCUT2D eigenvalue weighted by Crippen LogP contribution is -2.41. The van der Waals surface area contributed by atoms with Crippen LogP contribution in [-0.4, -0.2) is 70.0 Å². The highest BCUT2D eigenvalue weighted by molar-refractivity contribution is 5.95. The first-order valence-electron chi connectivity index (χ1n) is 12.1. The fourth-order valence-electron chi connectivity index (χ4n) is 4.37. The van der Waals surface area contributed by atoms with Gasteiger partial charge in [-0.25, -0.2) is 9.97 Å². The van der Waals surface area contributed by atoms with Gasteiger partial charge in [-0.05, 0) is 47.9 Å². The van der Waals surface area contributed by atoms with E-state index in [1.165, 1.54) is 12.5 Å². The third kappa shape index (κ3) is 5.35. The summed E-state index contributed by atoms with van der Waals surface area (Å²) in [5, 5.41) is 3.74. The number of benzene rings is 2. The molecule has 2 aromatic carbocycles. The Labute approximate surface area is 214 Å². The molecule has 188 valence electrons. The number of nitrogens with zero attached hydrogens (tertiary/aromatic N) is 5. The van der Waals surface area contributed by atoms with Crippen molar-refractivity contribution in [2.45, 2.75) is 13.3 Å². The van der Waals surface area contributed by atoms with Gasteiger partial charge in [0, 0.05) is 50.1 Å². The fourth-order valence-corrected chi connectivity index (χ4v) is 4.37. The fraction of sp³-hybridized carbons (Fsp3) is 0.250. The van der Waals surface area contributed by atoms with Crippen LogP contribution in [0.25, 0.3) is 11.1 Å². The van der Waals surface area contributed by atoms with Crippen LogP contribution in [0.1, 0.15) is 37.6 Å². The smallest absolute Gasteiger partial charge is 0.259 e. The number of hydrogen-bond acceptors (Lipinski definition) is 7. The summed E-state index contributed by atoms with van der Waals surface area (Å²) >= 11 is 0. The SMILES string of the molecule is Cc1oncc1C(=O)N1CCOc2ccc(-c3cncnc3)cc2Cc2cccc(c2)C(=O)N(C)CC1. The number of aromatic nitrogens is 3. The molecule has 0 atom stereocenters. The lowest BCUT2D eigenvalue weighted by atomic mass is 9.98. The van der Waals surface area contributed by atoms with E-state index in [0.717, 1.165) is 28.0 Å². The van der Waals surface area contributed by atoms with Crippen molar-refractivity contribution in [1.82, 2.24) is 24.9 Å². The Balaban J connectivity index is 1.50. The molecule has 0 saturated carbocycles. The molecule has 2 aromatic heterocycles. The Bertz CT molecular complexity index is 1420. The quantitative estimate of drug-likeness (QED) is 0.417. The second kappa shape index (κ2) is 10.6. The van der Waals surface area contributed by atoms with E-state index >= 15 is 0 Å². The minimum atomic E-state index is -0.211.